The molecule has 1 rings (SSSR count). The maximum atomic E-state index is 13.8. The van der Waals surface area contributed by atoms with Crippen LogP contribution in [0.15, 0.2) is 18.2 Å². The molecule has 20 heavy (non-hydrogen) atoms. The summed E-state index contributed by atoms with van der Waals surface area (Å²) in [6.45, 7) is 11.7. The molecule has 0 atom stereocenters. The molecule has 0 aromatic heterocycles. The van der Waals surface area contributed by atoms with Crippen LogP contribution in [0.2, 0.25) is 0 Å². The molecule has 0 aliphatic rings. The van der Waals surface area contributed by atoms with Crippen molar-refractivity contribution in [3.05, 3.63) is 29.6 Å². The lowest BCUT2D eigenvalue weighted by Gasteiger charge is -2.27. The molecule has 0 spiro atoms. The topological polar surface area (TPSA) is 32.5 Å². The fourth-order valence-corrected chi connectivity index (χ4v) is 2.52. The van der Waals surface area contributed by atoms with Gasteiger partial charge in [-0.15, -0.1) is 0 Å². The first-order valence-electron chi connectivity index (χ1n) is 7.62. The van der Waals surface area contributed by atoms with Crippen molar-refractivity contribution < 1.29 is 4.39 Å². The Hall–Kier alpha value is -1.13. The number of hydrogen-bond acceptors (Lipinski definition) is 3. The van der Waals surface area contributed by atoms with Crippen LogP contribution < -0.4 is 10.6 Å². The first-order chi connectivity index (χ1) is 9.67. The molecule has 0 amide bonds. The van der Waals surface area contributed by atoms with Crippen molar-refractivity contribution >= 4 is 5.69 Å². The predicted octanol–water partition coefficient (Wildman–Crippen LogP) is 2.84. The molecule has 2 N–H and O–H groups in total. The minimum Gasteiger partial charge on any atom is -0.371 e. The molecule has 1 aromatic carbocycles. The largest absolute Gasteiger partial charge is 0.371 e. The van der Waals surface area contributed by atoms with Crippen LogP contribution in [0.4, 0.5) is 10.1 Å². The Morgan fingerprint density at radius 1 is 1.05 bits per heavy atom. The number of benzene rings is 1. The van der Waals surface area contributed by atoms with E-state index in [1.165, 1.54) is 6.07 Å². The molecule has 0 bridgehead atoms. The summed E-state index contributed by atoms with van der Waals surface area (Å²) in [6.07, 6.45) is 1.08. The molecule has 0 unspecified atom stereocenters. The Morgan fingerprint density at radius 2 is 1.75 bits per heavy atom. The second-order valence-electron chi connectivity index (χ2n) is 4.90. The third-order valence-corrected chi connectivity index (χ3v) is 3.82. The third-order valence-electron chi connectivity index (χ3n) is 3.82. The first kappa shape index (κ1) is 16.9. The van der Waals surface area contributed by atoms with Gasteiger partial charge in [0.25, 0.3) is 0 Å². The molecule has 0 saturated heterocycles. The van der Waals surface area contributed by atoms with Crippen LogP contribution in [0.5, 0.6) is 0 Å². The number of rotatable bonds is 9. The van der Waals surface area contributed by atoms with E-state index < -0.39 is 0 Å². The molecule has 0 radical (unpaired) electrons. The van der Waals surface area contributed by atoms with Crippen LogP contribution in [-0.2, 0) is 6.54 Å². The molecule has 0 fully saturated rings. The maximum Gasteiger partial charge on any atom is 0.129 e. The second kappa shape index (κ2) is 8.93. The Kier molecular flexibility index (Phi) is 7.55. The highest BCUT2D eigenvalue weighted by Crippen LogP contribution is 2.23. The van der Waals surface area contributed by atoms with Crippen LogP contribution >= 0.6 is 0 Å². The fraction of sp³-hybridized carbons (Fsp3) is 0.625. The second-order valence-corrected chi connectivity index (χ2v) is 4.90. The van der Waals surface area contributed by atoms with Crippen molar-refractivity contribution in [3.63, 3.8) is 0 Å². The predicted molar refractivity (Wildman–Crippen MR) is 84.6 cm³/mol. The normalized spacial score (nSPS) is 11.1. The van der Waals surface area contributed by atoms with E-state index in [2.05, 4.69) is 30.6 Å². The van der Waals surface area contributed by atoms with Crippen LogP contribution in [0.25, 0.3) is 0 Å². The van der Waals surface area contributed by atoms with Gasteiger partial charge in [-0.3, -0.25) is 0 Å². The molecule has 114 valence electrons. The Morgan fingerprint density at radius 3 is 2.30 bits per heavy atom. The summed E-state index contributed by atoms with van der Waals surface area (Å²) in [7, 11) is 0. The van der Waals surface area contributed by atoms with Gasteiger partial charge in [-0.25, -0.2) is 4.39 Å². The number of anilines is 1. The van der Waals surface area contributed by atoms with Crippen molar-refractivity contribution in [2.75, 3.05) is 37.6 Å². The van der Waals surface area contributed by atoms with Gasteiger partial charge in [0.2, 0.25) is 0 Å². The molecule has 0 aliphatic carbocycles. The van der Waals surface area contributed by atoms with E-state index in [9.17, 15) is 4.39 Å². The Bertz CT molecular complexity index is 391. The van der Waals surface area contributed by atoms with Gasteiger partial charge in [-0.2, -0.15) is 0 Å². The lowest BCUT2D eigenvalue weighted by molar-refractivity contribution is 0.300. The van der Waals surface area contributed by atoms with Gasteiger partial charge in [-0.1, -0.05) is 19.9 Å². The van der Waals surface area contributed by atoms with Gasteiger partial charge in [0.05, 0.1) is 0 Å². The van der Waals surface area contributed by atoms with Crippen molar-refractivity contribution in [1.29, 1.82) is 0 Å². The third kappa shape index (κ3) is 4.46. The lowest BCUT2D eigenvalue weighted by Crippen LogP contribution is -2.30. The van der Waals surface area contributed by atoms with Crippen LogP contribution in [0, 0.1) is 5.82 Å². The smallest absolute Gasteiger partial charge is 0.129 e. The maximum absolute atomic E-state index is 13.8. The van der Waals surface area contributed by atoms with Gasteiger partial charge in [-0.05, 0) is 45.1 Å². The molecule has 0 saturated carbocycles. The van der Waals surface area contributed by atoms with Gasteiger partial charge in [0.1, 0.15) is 5.82 Å². The minimum absolute atomic E-state index is 0.202. The lowest BCUT2D eigenvalue weighted by atomic mass is 10.1. The summed E-state index contributed by atoms with van der Waals surface area (Å²) >= 11 is 0. The zero-order chi connectivity index (χ0) is 15.0. The molecular formula is C16H28FN3. The zero-order valence-corrected chi connectivity index (χ0v) is 13.0. The summed E-state index contributed by atoms with van der Waals surface area (Å²) in [5.41, 5.74) is 7.25. The quantitative estimate of drug-likeness (QED) is 0.755. The molecule has 1 aromatic rings. The SMILES string of the molecule is CCN(CC)CCCN(CC)c1cccc(F)c1CN. The summed E-state index contributed by atoms with van der Waals surface area (Å²) in [6, 6.07) is 5.21. The van der Waals surface area contributed by atoms with Crippen LogP contribution in [-0.4, -0.2) is 37.6 Å². The number of hydrogen-bond donors (Lipinski definition) is 1. The van der Waals surface area contributed by atoms with Crippen LogP contribution in [0.3, 0.4) is 0 Å². The Balaban J connectivity index is 2.69. The van der Waals surface area contributed by atoms with Gasteiger partial charge < -0.3 is 15.5 Å². The van der Waals surface area contributed by atoms with Crippen molar-refractivity contribution in [3.8, 4) is 0 Å². The summed E-state index contributed by atoms with van der Waals surface area (Å²) < 4.78 is 13.8. The monoisotopic (exact) mass is 281 g/mol. The van der Waals surface area contributed by atoms with Gasteiger partial charge in [0, 0.05) is 30.9 Å². The van der Waals surface area contributed by atoms with Crippen molar-refractivity contribution in [1.82, 2.24) is 4.90 Å². The van der Waals surface area contributed by atoms with E-state index in [0.29, 0.717) is 5.56 Å². The van der Waals surface area contributed by atoms with E-state index in [0.717, 1.165) is 44.8 Å². The molecule has 3 nitrogen and oxygen atoms in total. The highest BCUT2D eigenvalue weighted by molar-refractivity contribution is 5.54. The number of nitrogens with two attached hydrogens (primary N) is 1. The average molecular weight is 281 g/mol. The highest BCUT2D eigenvalue weighted by Gasteiger charge is 2.12. The number of nitrogens with zero attached hydrogens (tertiary/aromatic N) is 2. The molecule has 4 heteroatoms. The van der Waals surface area contributed by atoms with E-state index in [1.54, 1.807) is 6.07 Å². The molecule has 0 heterocycles. The average Bonchev–Trinajstić information content (AvgIpc) is 2.47. The molecular weight excluding hydrogens is 253 g/mol. The van der Waals surface area contributed by atoms with E-state index >= 15 is 0 Å². The van der Waals surface area contributed by atoms with Crippen molar-refractivity contribution in [2.45, 2.75) is 33.7 Å². The standard InChI is InChI=1S/C16H28FN3/c1-4-19(5-2)11-8-12-20(6-3)16-10-7-9-15(17)14(16)13-18/h7,9-10H,4-6,8,11-13,18H2,1-3H3. The van der Waals surface area contributed by atoms with E-state index in [-0.39, 0.29) is 12.4 Å². The van der Waals surface area contributed by atoms with E-state index in [1.807, 2.05) is 6.07 Å². The summed E-state index contributed by atoms with van der Waals surface area (Å²) in [5, 5.41) is 0. The molecule has 0 aliphatic heterocycles. The highest BCUT2D eigenvalue weighted by atomic mass is 19.1. The van der Waals surface area contributed by atoms with Crippen LogP contribution in [0.1, 0.15) is 32.8 Å². The minimum atomic E-state index is -0.202. The summed E-state index contributed by atoms with van der Waals surface area (Å²) in [4.78, 5) is 4.62. The Labute approximate surface area is 122 Å². The van der Waals surface area contributed by atoms with Gasteiger partial charge >= 0.3 is 0 Å². The van der Waals surface area contributed by atoms with Gasteiger partial charge in [0.15, 0.2) is 0 Å². The van der Waals surface area contributed by atoms with Crippen molar-refractivity contribution in [2.24, 2.45) is 5.73 Å². The van der Waals surface area contributed by atoms with E-state index in [4.69, 9.17) is 5.73 Å². The fourth-order valence-electron chi connectivity index (χ4n) is 2.52. The summed E-state index contributed by atoms with van der Waals surface area (Å²) in [5.74, 6) is -0.202. The number of halogens is 1. The zero-order valence-electron chi connectivity index (χ0n) is 13.0. The first-order valence-corrected chi connectivity index (χ1v) is 7.62.